The minimum atomic E-state index is -0.792. The van der Waals surface area contributed by atoms with Crippen LogP contribution in [-0.4, -0.2) is 62.0 Å². The molecule has 0 aromatic heterocycles. The number of hydrogen-bond donors (Lipinski definition) is 1. The first kappa shape index (κ1) is 39.9. The Hall–Kier alpha value is -6.32. The van der Waals surface area contributed by atoms with Crippen LogP contribution in [0, 0.1) is 0 Å². The van der Waals surface area contributed by atoms with Gasteiger partial charge in [0, 0.05) is 0 Å². The quantitative estimate of drug-likeness (QED) is 0.117. The van der Waals surface area contributed by atoms with E-state index in [2.05, 4.69) is 30.3 Å². The van der Waals surface area contributed by atoms with Crippen LogP contribution in [0.3, 0.4) is 0 Å². The normalized spacial score (nSPS) is 11.0. The molecule has 0 radical (unpaired) electrons. The van der Waals surface area contributed by atoms with Crippen LogP contribution in [0.15, 0.2) is 121 Å². The zero-order valence-electron chi connectivity index (χ0n) is 32.5. The van der Waals surface area contributed by atoms with Gasteiger partial charge in [0.2, 0.25) is 0 Å². The molecule has 1 N–H and O–H groups in total. The van der Waals surface area contributed by atoms with Gasteiger partial charge in [-0.3, -0.25) is 0 Å². The number of benzene rings is 6. The molecule has 0 spiro atoms. The first-order valence-electron chi connectivity index (χ1n) is 17.5. The summed E-state index contributed by atoms with van der Waals surface area (Å²) in [5, 5.41) is 10.9. The van der Waals surface area contributed by atoms with Gasteiger partial charge in [-0.05, 0) is 106 Å². The highest BCUT2D eigenvalue weighted by molar-refractivity contribution is 5.69. The smallest absolute Gasteiger partial charge is 0.161 e. The summed E-state index contributed by atoms with van der Waals surface area (Å²) in [6, 6.07) is 39.4. The molecule has 0 saturated heterocycles. The van der Waals surface area contributed by atoms with E-state index in [4.69, 9.17) is 37.9 Å². The standard InChI is InChI=1S/C23H24O5.C23H24O4/c1-25-19-10-8-16(13-21(19)27-3)15-6-5-7-17(12-15)23(24)18-9-11-20(26-2)22(14-18)28-4;1-24-20-10-8-17(14-22(20)26-3)12-16-6-5-7-18(13-16)19-9-11-21(25-2)23(15-19)27-4/h5-14,23-24H,1-4H3;5-11,13-15H,12H2,1-4H3. The fourth-order valence-corrected chi connectivity index (χ4v) is 6.22. The lowest BCUT2D eigenvalue weighted by atomic mass is 9.96. The van der Waals surface area contributed by atoms with Gasteiger partial charge in [-0.2, -0.15) is 0 Å². The Kier molecular flexibility index (Phi) is 13.9. The molecule has 0 heterocycles. The van der Waals surface area contributed by atoms with Gasteiger partial charge in [0.25, 0.3) is 0 Å². The number of methoxy groups -OCH3 is 8. The second-order valence-electron chi connectivity index (χ2n) is 12.3. The average Bonchev–Trinajstić information content (AvgIpc) is 3.25. The number of ether oxygens (including phenoxy) is 8. The van der Waals surface area contributed by atoms with Gasteiger partial charge in [-0.25, -0.2) is 0 Å². The molecule has 6 aromatic rings. The van der Waals surface area contributed by atoms with Crippen LogP contribution in [0.2, 0.25) is 0 Å². The van der Waals surface area contributed by atoms with Crippen LogP contribution in [-0.2, 0) is 6.42 Å². The molecule has 1 unspecified atom stereocenters. The van der Waals surface area contributed by atoms with E-state index in [1.54, 1.807) is 69.0 Å². The lowest BCUT2D eigenvalue weighted by molar-refractivity contribution is 0.219. The van der Waals surface area contributed by atoms with Crippen molar-refractivity contribution in [2.24, 2.45) is 0 Å². The highest BCUT2D eigenvalue weighted by Crippen LogP contribution is 2.37. The molecule has 1 atom stereocenters. The molecular weight excluding hydrogens is 696 g/mol. The minimum absolute atomic E-state index is 0.579. The Morgan fingerprint density at radius 1 is 0.345 bits per heavy atom. The van der Waals surface area contributed by atoms with Crippen molar-refractivity contribution in [1.29, 1.82) is 0 Å². The molecule has 0 amide bonds. The van der Waals surface area contributed by atoms with E-state index in [9.17, 15) is 5.11 Å². The van der Waals surface area contributed by atoms with Crippen LogP contribution < -0.4 is 37.9 Å². The molecule has 0 fully saturated rings. The maximum atomic E-state index is 10.9. The summed E-state index contributed by atoms with van der Waals surface area (Å²) < 4.78 is 42.8. The number of aliphatic hydroxyl groups excluding tert-OH is 1. The second-order valence-corrected chi connectivity index (χ2v) is 12.3. The second kappa shape index (κ2) is 19.1. The number of hydrogen-bond acceptors (Lipinski definition) is 9. The average molecular weight is 745 g/mol. The molecule has 9 heteroatoms. The summed E-state index contributed by atoms with van der Waals surface area (Å²) in [4.78, 5) is 0. The van der Waals surface area contributed by atoms with Gasteiger partial charge < -0.3 is 43.0 Å². The molecule has 0 saturated carbocycles. The highest BCUT2D eigenvalue weighted by atomic mass is 16.5. The Labute approximate surface area is 323 Å². The van der Waals surface area contributed by atoms with Gasteiger partial charge in [0.1, 0.15) is 6.10 Å². The summed E-state index contributed by atoms with van der Waals surface area (Å²) in [5.41, 5.74) is 8.04. The summed E-state index contributed by atoms with van der Waals surface area (Å²) in [6.45, 7) is 0. The zero-order valence-corrected chi connectivity index (χ0v) is 32.5. The third-order valence-electron chi connectivity index (χ3n) is 9.14. The van der Waals surface area contributed by atoms with Crippen molar-refractivity contribution in [2.45, 2.75) is 12.5 Å². The van der Waals surface area contributed by atoms with Crippen molar-refractivity contribution < 1.29 is 43.0 Å². The molecule has 0 aliphatic heterocycles. The van der Waals surface area contributed by atoms with Crippen molar-refractivity contribution in [3.63, 3.8) is 0 Å². The number of aliphatic hydroxyl groups is 1. The highest BCUT2D eigenvalue weighted by Gasteiger charge is 2.16. The third kappa shape index (κ3) is 9.62. The van der Waals surface area contributed by atoms with Crippen molar-refractivity contribution >= 4 is 0 Å². The summed E-state index contributed by atoms with van der Waals surface area (Å²) in [5.74, 6) is 5.46. The summed E-state index contributed by atoms with van der Waals surface area (Å²) in [7, 11) is 13.0. The van der Waals surface area contributed by atoms with Crippen LogP contribution in [0.5, 0.6) is 46.0 Å². The van der Waals surface area contributed by atoms with Gasteiger partial charge >= 0.3 is 0 Å². The van der Waals surface area contributed by atoms with Crippen molar-refractivity contribution in [2.75, 3.05) is 56.9 Å². The molecule has 286 valence electrons. The van der Waals surface area contributed by atoms with E-state index < -0.39 is 6.10 Å². The van der Waals surface area contributed by atoms with E-state index in [0.29, 0.717) is 23.0 Å². The molecule has 6 aromatic carbocycles. The predicted octanol–water partition coefficient (Wildman–Crippen LogP) is 9.45. The molecule has 6 rings (SSSR count). The van der Waals surface area contributed by atoms with E-state index in [-0.39, 0.29) is 0 Å². The van der Waals surface area contributed by atoms with Crippen LogP contribution >= 0.6 is 0 Å². The first-order valence-corrected chi connectivity index (χ1v) is 17.5. The Morgan fingerprint density at radius 3 is 1.25 bits per heavy atom. The predicted molar refractivity (Wildman–Crippen MR) is 216 cm³/mol. The lowest BCUT2D eigenvalue weighted by Crippen LogP contribution is -2.01. The first-order chi connectivity index (χ1) is 26.8. The Balaban J connectivity index is 0.000000211. The molecule has 0 aliphatic carbocycles. The Bertz CT molecular complexity index is 2180. The van der Waals surface area contributed by atoms with Gasteiger partial charge in [0.05, 0.1) is 56.9 Å². The van der Waals surface area contributed by atoms with E-state index in [0.717, 1.165) is 68.4 Å². The molecule has 55 heavy (non-hydrogen) atoms. The van der Waals surface area contributed by atoms with E-state index in [1.165, 1.54) is 5.56 Å². The Morgan fingerprint density at radius 2 is 0.727 bits per heavy atom. The molecular formula is C46H48O9. The molecule has 9 nitrogen and oxygen atoms in total. The van der Waals surface area contributed by atoms with Crippen molar-refractivity contribution in [3.05, 3.63) is 144 Å². The maximum absolute atomic E-state index is 10.9. The largest absolute Gasteiger partial charge is 0.493 e. The van der Waals surface area contributed by atoms with E-state index in [1.807, 2.05) is 78.9 Å². The summed E-state index contributed by atoms with van der Waals surface area (Å²) >= 11 is 0. The van der Waals surface area contributed by atoms with Gasteiger partial charge in [-0.1, -0.05) is 66.7 Å². The fraction of sp³-hybridized carbons (Fsp3) is 0.217. The third-order valence-corrected chi connectivity index (χ3v) is 9.14. The van der Waals surface area contributed by atoms with Crippen LogP contribution in [0.1, 0.15) is 28.4 Å². The molecule has 0 aliphatic rings. The van der Waals surface area contributed by atoms with Crippen LogP contribution in [0.25, 0.3) is 22.3 Å². The van der Waals surface area contributed by atoms with E-state index >= 15 is 0 Å². The van der Waals surface area contributed by atoms with Crippen molar-refractivity contribution in [1.82, 2.24) is 0 Å². The van der Waals surface area contributed by atoms with Gasteiger partial charge in [0.15, 0.2) is 46.0 Å². The lowest BCUT2D eigenvalue weighted by Gasteiger charge is -2.16. The number of rotatable bonds is 14. The fourth-order valence-electron chi connectivity index (χ4n) is 6.22. The SMILES string of the molecule is COc1ccc(-c2cccc(C(O)c3ccc(OC)c(OC)c3)c2)cc1OC.COc1ccc(Cc2cccc(-c3ccc(OC)c(OC)c3)c2)cc1OC. The maximum Gasteiger partial charge on any atom is 0.161 e. The van der Waals surface area contributed by atoms with Gasteiger partial charge in [-0.15, -0.1) is 0 Å². The minimum Gasteiger partial charge on any atom is -0.493 e. The summed E-state index contributed by atoms with van der Waals surface area (Å²) in [6.07, 6.45) is 0.0153. The zero-order chi connectivity index (χ0) is 39.3. The topological polar surface area (TPSA) is 94.1 Å². The molecule has 0 bridgehead atoms. The van der Waals surface area contributed by atoms with Crippen molar-refractivity contribution in [3.8, 4) is 68.2 Å². The monoisotopic (exact) mass is 744 g/mol. The van der Waals surface area contributed by atoms with Crippen LogP contribution in [0.4, 0.5) is 0 Å².